The zero-order valence-corrected chi connectivity index (χ0v) is 14.6. The summed E-state index contributed by atoms with van der Waals surface area (Å²) in [5.74, 6) is 0. The molecular formula is C16H33N3O3. The van der Waals surface area contributed by atoms with Crippen molar-refractivity contribution in [2.24, 2.45) is 5.73 Å². The quantitative estimate of drug-likeness (QED) is 0.748. The van der Waals surface area contributed by atoms with Gasteiger partial charge in [0, 0.05) is 38.8 Å². The summed E-state index contributed by atoms with van der Waals surface area (Å²) in [6.07, 6.45) is 4.11. The van der Waals surface area contributed by atoms with Gasteiger partial charge < -0.3 is 25.4 Å². The number of nitrogens with two attached hydrogens (primary N) is 1. The highest BCUT2D eigenvalue weighted by Gasteiger charge is 2.22. The SMILES string of the molecule is COCCN(CCNC1CCC(N)CC1)C(=O)OC(C)(C)C. The minimum Gasteiger partial charge on any atom is -0.444 e. The molecule has 6 nitrogen and oxygen atoms in total. The standard InChI is InChI=1S/C16H33N3O3/c1-16(2,3)22-15(20)19(11-12-21-4)10-9-18-14-7-5-13(17)6-8-14/h13-14,18H,5-12,17H2,1-4H3. The monoisotopic (exact) mass is 315 g/mol. The molecule has 0 saturated heterocycles. The molecule has 0 aromatic heterocycles. The van der Waals surface area contributed by atoms with Gasteiger partial charge in [0.1, 0.15) is 5.60 Å². The van der Waals surface area contributed by atoms with Crippen LogP contribution in [0, 0.1) is 0 Å². The van der Waals surface area contributed by atoms with E-state index in [1.165, 1.54) is 0 Å². The second-order valence-corrected chi connectivity index (χ2v) is 7.03. The summed E-state index contributed by atoms with van der Waals surface area (Å²) >= 11 is 0. The van der Waals surface area contributed by atoms with E-state index in [0.717, 1.165) is 32.2 Å². The van der Waals surface area contributed by atoms with Crippen molar-refractivity contribution in [1.29, 1.82) is 0 Å². The van der Waals surface area contributed by atoms with Crippen molar-refractivity contribution in [3.8, 4) is 0 Å². The zero-order valence-electron chi connectivity index (χ0n) is 14.6. The number of hydrogen-bond acceptors (Lipinski definition) is 5. The highest BCUT2D eigenvalue weighted by molar-refractivity contribution is 5.68. The molecule has 0 aliphatic heterocycles. The number of nitrogens with one attached hydrogen (secondary N) is 1. The second-order valence-electron chi connectivity index (χ2n) is 7.03. The first-order valence-electron chi connectivity index (χ1n) is 8.27. The van der Waals surface area contributed by atoms with E-state index < -0.39 is 5.60 Å². The van der Waals surface area contributed by atoms with Crippen LogP contribution in [0.25, 0.3) is 0 Å². The summed E-state index contributed by atoms with van der Waals surface area (Å²) in [6.45, 7) is 8.08. The van der Waals surface area contributed by atoms with Gasteiger partial charge in [0.25, 0.3) is 0 Å². The molecule has 0 bridgehead atoms. The van der Waals surface area contributed by atoms with Crippen molar-refractivity contribution in [1.82, 2.24) is 10.2 Å². The van der Waals surface area contributed by atoms with E-state index in [0.29, 0.717) is 31.8 Å². The van der Waals surface area contributed by atoms with Gasteiger partial charge in [-0.15, -0.1) is 0 Å². The molecule has 0 unspecified atom stereocenters. The predicted octanol–water partition coefficient (Wildman–Crippen LogP) is 1.73. The van der Waals surface area contributed by atoms with E-state index in [4.69, 9.17) is 15.2 Å². The molecule has 22 heavy (non-hydrogen) atoms. The maximum Gasteiger partial charge on any atom is 0.410 e. The van der Waals surface area contributed by atoms with Crippen molar-refractivity contribution in [3.05, 3.63) is 0 Å². The smallest absolute Gasteiger partial charge is 0.410 e. The van der Waals surface area contributed by atoms with Gasteiger partial charge in [0.15, 0.2) is 0 Å². The summed E-state index contributed by atoms with van der Waals surface area (Å²) in [7, 11) is 1.64. The Morgan fingerprint density at radius 1 is 1.23 bits per heavy atom. The fourth-order valence-electron chi connectivity index (χ4n) is 2.55. The van der Waals surface area contributed by atoms with Crippen molar-refractivity contribution in [2.75, 3.05) is 33.4 Å². The molecule has 0 aromatic carbocycles. The first-order valence-corrected chi connectivity index (χ1v) is 8.27. The minimum absolute atomic E-state index is 0.281. The first-order chi connectivity index (χ1) is 10.3. The molecule has 1 aliphatic carbocycles. The van der Waals surface area contributed by atoms with Crippen LogP contribution in [0.3, 0.4) is 0 Å². The molecule has 6 heteroatoms. The molecule has 1 rings (SSSR count). The van der Waals surface area contributed by atoms with Gasteiger partial charge in [-0.3, -0.25) is 0 Å². The van der Waals surface area contributed by atoms with Gasteiger partial charge in [-0.1, -0.05) is 0 Å². The van der Waals surface area contributed by atoms with Crippen molar-refractivity contribution >= 4 is 6.09 Å². The van der Waals surface area contributed by atoms with Gasteiger partial charge in [-0.25, -0.2) is 4.79 Å². The third kappa shape index (κ3) is 7.96. The number of rotatable bonds is 7. The molecule has 3 N–H and O–H groups in total. The number of ether oxygens (including phenoxy) is 2. The zero-order chi connectivity index (χ0) is 16.6. The van der Waals surface area contributed by atoms with Crippen LogP contribution in [0.15, 0.2) is 0 Å². The van der Waals surface area contributed by atoms with E-state index in [2.05, 4.69) is 5.32 Å². The number of carbonyl (C=O) groups excluding carboxylic acids is 1. The second kappa shape index (κ2) is 9.33. The van der Waals surface area contributed by atoms with Gasteiger partial charge in [-0.05, 0) is 46.5 Å². The number of amides is 1. The molecule has 0 radical (unpaired) electrons. The van der Waals surface area contributed by atoms with Crippen molar-refractivity contribution in [2.45, 2.75) is 64.1 Å². The lowest BCUT2D eigenvalue weighted by atomic mass is 9.92. The van der Waals surface area contributed by atoms with Gasteiger partial charge in [-0.2, -0.15) is 0 Å². The lowest BCUT2D eigenvalue weighted by Gasteiger charge is -2.30. The normalized spacial score (nSPS) is 22.4. The van der Waals surface area contributed by atoms with E-state index >= 15 is 0 Å². The number of methoxy groups -OCH3 is 1. The Bertz CT molecular complexity index is 323. The van der Waals surface area contributed by atoms with Crippen LogP contribution in [0.1, 0.15) is 46.5 Å². The highest BCUT2D eigenvalue weighted by Crippen LogP contribution is 2.16. The molecule has 130 valence electrons. The van der Waals surface area contributed by atoms with Crippen LogP contribution in [0.2, 0.25) is 0 Å². The number of nitrogens with zero attached hydrogens (tertiary/aromatic N) is 1. The predicted molar refractivity (Wildman–Crippen MR) is 87.9 cm³/mol. The van der Waals surface area contributed by atoms with Crippen molar-refractivity contribution < 1.29 is 14.3 Å². The summed E-state index contributed by atoms with van der Waals surface area (Å²) in [5, 5.41) is 3.52. The largest absolute Gasteiger partial charge is 0.444 e. The third-order valence-electron chi connectivity index (χ3n) is 3.80. The van der Waals surface area contributed by atoms with Crippen LogP contribution in [-0.2, 0) is 9.47 Å². The van der Waals surface area contributed by atoms with E-state index in [1.807, 2.05) is 20.8 Å². The molecule has 1 aliphatic rings. The van der Waals surface area contributed by atoms with Gasteiger partial charge in [0.2, 0.25) is 0 Å². The Morgan fingerprint density at radius 2 is 1.86 bits per heavy atom. The Kier molecular flexibility index (Phi) is 8.14. The summed E-state index contributed by atoms with van der Waals surface area (Å²) < 4.78 is 10.5. The highest BCUT2D eigenvalue weighted by atomic mass is 16.6. The Labute approximate surface area is 134 Å². The average Bonchev–Trinajstić information content (AvgIpc) is 2.42. The summed E-state index contributed by atoms with van der Waals surface area (Å²) in [5.41, 5.74) is 5.44. The van der Waals surface area contributed by atoms with E-state index in [1.54, 1.807) is 12.0 Å². The molecular weight excluding hydrogens is 282 g/mol. The van der Waals surface area contributed by atoms with Crippen LogP contribution >= 0.6 is 0 Å². The topological polar surface area (TPSA) is 76.8 Å². The molecule has 0 spiro atoms. The Morgan fingerprint density at radius 3 is 2.41 bits per heavy atom. The lowest BCUT2D eigenvalue weighted by Crippen LogP contribution is -2.44. The molecule has 1 saturated carbocycles. The van der Waals surface area contributed by atoms with Crippen LogP contribution < -0.4 is 11.1 Å². The molecule has 0 heterocycles. The number of hydrogen-bond donors (Lipinski definition) is 2. The van der Waals surface area contributed by atoms with E-state index in [9.17, 15) is 4.79 Å². The maximum atomic E-state index is 12.2. The molecule has 0 atom stereocenters. The van der Waals surface area contributed by atoms with Crippen molar-refractivity contribution in [3.63, 3.8) is 0 Å². The third-order valence-corrected chi connectivity index (χ3v) is 3.80. The molecule has 0 aromatic rings. The first kappa shape index (κ1) is 19.2. The Balaban J connectivity index is 2.35. The summed E-state index contributed by atoms with van der Waals surface area (Å²) in [6, 6.07) is 0.876. The maximum absolute atomic E-state index is 12.2. The Hall–Kier alpha value is -0.850. The molecule has 1 fully saturated rings. The van der Waals surface area contributed by atoms with Crippen LogP contribution in [0.4, 0.5) is 4.79 Å². The fraction of sp³-hybridized carbons (Fsp3) is 0.938. The minimum atomic E-state index is -0.477. The van der Waals surface area contributed by atoms with Crippen LogP contribution in [0.5, 0.6) is 0 Å². The average molecular weight is 315 g/mol. The van der Waals surface area contributed by atoms with Gasteiger partial charge in [0.05, 0.1) is 6.61 Å². The summed E-state index contributed by atoms with van der Waals surface area (Å²) in [4.78, 5) is 13.9. The van der Waals surface area contributed by atoms with E-state index in [-0.39, 0.29) is 6.09 Å². The molecule has 1 amide bonds. The number of carbonyl (C=O) groups is 1. The van der Waals surface area contributed by atoms with Gasteiger partial charge >= 0.3 is 6.09 Å². The lowest BCUT2D eigenvalue weighted by molar-refractivity contribution is 0.0202. The fourth-order valence-corrected chi connectivity index (χ4v) is 2.55. The van der Waals surface area contributed by atoms with Crippen LogP contribution in [-0.4, -0.2) is 62.0 Å².